The number of anilines is 1. The zero-order valence-corrected chi connectivity index (χ0v) is 16.5. The average Bonchev–Trinajstić information content (AvgIpc) is 3.23. The molecule has 8 heteroatoms. The van der Waals surface area contributed by atoms with Crippen molar-refractivity contribution in [2.45, 2.75) is 6.54 Å². The van der Waals surface area contributed by atoms with Crippen LogP contribution in [0.15, 0.2) is 52.8 Å². The Balaban J connectivity index is 1.35. The second kappa shape index (κ2) is 7.28. The van der Waals surface area contributed by atoms with Crippen LogP contribution in [0.5, 0.6) is 0 Å². The van der Waals surface area contributed by atoms with Crippen molar-refractivity contribution in [3.63, 3.8) is 0 Å². The Hall–Kier alpha value is -3.28. The van der Waals surface area contributed by atoms with Crippen molar-refractivity contribution < 1.29 is 0 Å². The van der Waals surface area contributed by atoms with E-state index < -0.39 is 0 Å². The third-order valence-electron chi connectivity index (χ3n) is 5.26. The van der Waals surface area contributed by atoms with E-state index >= 15 is 0 Å². The monoisotopic (exact) mass is 402 g/mol. The summed E-state index contributed by atoms with van der Waals surface area (Å²) in [6.45, 7) is 4.09. The molecule has 0 atom stereocenters. The van der Waals surface area contributed by atoms with Gasteiger partial charge in [0.05, 0.1) is 11.2 Å². The minimum Gasteiger partial charge on any atom is -0.368 e. The van der Waals surface area contributed by atoms with Crippen LogP contribution in [0, 0.1) is 11.3 Å². The SMILES string of the molecule is N#Cc1cc(N2CCN(Cc3cc(=O)n4ccsc4n3)CC2)c2ccccc2n1. The maximum absolute atomic E-state index is 12.2. The first kappa shape index (κ1) is 17.8. The fourth-order valence-corrected chi connectivity index (χ4v) is 4.56. The molecule has 1 saturated heterocycles. The van der Waals surface area contributed by atoms with Crippen LogP contribution in [0.4, 0.5) is 5.69 Å². The van der Waals surface area contributed by atoms with Gasteiger partial charge < -0.3 is 4.90 Å². The summed E-state index contributed by atoms with van der Waals surface area (Å²) in [6.07, 6.45) is 1.76. The molecule has 0 bridgehead atoms. The topological polar surface area (TPSA) is 77.5 Å². The van der Waals surface area contributed by atoms with Crippen LogP contribution in [-0.4, -0.2) is 45.4 Å². The molecule has 1 fully saturated rings. The molecule has 0 unspecified atom stereocenters. The number of hydrogen-bond donors (Lipinski definition) is 0. The molecule has 0 aliphatic carbocycles. The van der Waals surface area contributed by atoms with Gasteiger partial charge in [0, 0.05) is 61.4 Å². The highest BCUT2D eigenvalue weighted by Crippen LogP contribution is 2.27. The number of benzene rings is 1. The molecule has 29 heavy (non-hydrogen) atoms. The summed E-state index contributed by atoms with van der Waals surface area (Å²) < 4.78 is 1.58. The molecule has 4 heterocycles. The fourth-order valence-electron chi connectivity index (χ4n) is 3.82. The van der Waals surface area contributed by atoms with Crippen LogP contribution in [0.2, 0.25) is 0 Å². The van der Waals surface area contributed by atoms with E-state index in [9.17, 15) is 10.1 Å². The minimum absolute atomic E-state index is 0.0304. The molecule has 3 aromatic heterocycles. The summed E-state index contributed by atoms with van der Waals surface area (Å²) in [4.78, 5) is 26.6. The highest BCUT2D eigenvalue weighted by atomic mass is 32.1. The van der Waals surface area contributed by atoms with E-state index in [1.807, 2.05) is 29.6 Å². The smallest absolute Gasteiger partial charge is 0.258 e. The van der Waals surface area contributed by atoms with Gasteiger partial charge in [0.2, 0.25) is 0 Å². The van der Waals surface area contributed by atoms with Crippen LogP contribution in [0.25, 0.3) is 15.9 Å². The molecule has 4 aromatic rings. The van der Waals surface area contributed by atoms with E-state index in [0.29, 0.717) is 12.2 Å². The van der Waals surface area contributed by atoms with Gasteiger partial charge in [-0.1, -0.05) is 18.2 Å². The van der Waals surface area contributed by atoms with E-state index in [4.69, 9.17) is 0 Å². The predicted octanol–water partition coefficient (Wildman–Crippen LogP) is 2.50. The normalized spacial score (nSPS) is 15.1. The highest BCUT2D eigenvalue weighted by Gasteiger charge is 2.20. The van der Waals surface area contributed by atoms with Gasteiger partial charge in [-0.25, -0.2) is 9.97 Å². The van der Waals surface area contributed by atoms with E-state index in [1.165, 1.54) is 11.3 Å². The lowest BCUT2D eigenvalue weighted by atomic mass is 10.1. The largest absolute Gasteiger partial charge is 0.368 e. The second-order valence-electron chi connectivity index (χ2n) is 7.06. The van der Waals surface area contributed by atoms with Crippen molar-refractivity contribution in [2.75, 3.05) is 31.1 Å². The highest BCUT2D eigenvalue weighted by molar-refractivity contribution is 7.15. The van der Waals surface area contributed by atoms with Gasteiger partial charge >= 0.3 is 0 Å². The lowest BCUT2D eigenvalue weighted by Gasteiger charge is -2.36. The van der Waals surface area contributed by atoms with Crippen LogP contribution in [0.3, 0.4) is 0 Å². The van der Waals surface area contributed by atoms with Crippen LogP contribution in [0.1, 0.15) is 11.4 Å². The molecule has 0 spiro atoms. The molecular weight excluding hydrogens is 384 g/mol. The number of para-hydroxylation sites is 1. The Morgan fingerprint density at radius 2 is 1.93 bits per heavy atom. The number of fused-ring (bicyclic) bond motifs is 2. The van der Waals surface area contributed by atoms with Gasteiger partial charge in [-0.2, -0.15) is 5.26 Å². The van der Waals surface area contributed by atoms with Crippen LogP contribution >= 0.6 is 11.3 Å². The van der Waals surface area contributed by atoms with Crippen molar-refractivity contribution in [3.05, 3.63) is 69.7 Å². The number of aromatic nitrogens is 3. The summed E-state index contributed by atoms with van der Waals surface area (Å²) in [5, 5.41) is 12.3. The Bertz CT molecular complexity index is 1300. The van der Waals surface area contributed by atoms with E-state index in [-0.39, 0.29) is 5.56 Å². The fraction of sp³-hybridized carbons (Fsp3) is 0.238. The lowest BCUT2D eigenvalue weighted by Crippen LogP contribution is -2.46. The van der Waals surface area contributed by atoms with Gasteiger partial charge in [-0.05, 0) is 12.1 Å². The first-order valence-electron chi connectivity index (χ1n) is 9.44. The maximum Gasteiger partial charge on any atom is 0.258 e. The predicted molar refractivity (Wildman–Crippen MR) is 113 cm³/mol. The zero-order chi connectivity index (χ0) is 19.8. The molecule has 5 rings (SSSR count). The van der Waals surface area contributed by atoms with E-state index in [0.717, 1.165) is 53.4 Å². The molecule has 1 aromatic carbocycles. The van der Waals surface area contributed by atoms with E-state index in [2.05, 4.69) is 31.9 Å². The number of nitrogens with zero attached hydrogens (tertiary/aromatic N) is 6. The van der Waals surface area contributed by atoms with Crippen molar-refractivity contribution in [1.29, 1.82) is 5.26 Å². The van der Waals surface area contributed by atoms with Crippen LogP contribution < -0.4 is 10.5 Å². The molecule has 0 saturated carbocycles. The summed E-state index contributed by atoms with van der Waals surface area (Å²) in [7, 11) is 0. The molecule has 144 valence electrons. The third-order valence-corrected chi connectivity index (χ3v) is 6.02. The molecule has 1 aliphatic heterocycles. The third kappa shape index (κ3) is 3.35. The number of pyridine rings is 1. The molecule has 7 nitrogen and oxygen atoms in total. The minimum atomic E-state index is -0.0304. The van der Waals surface area contributed by atoms with Gasteiger partial charge in [0.1, 0.15) is 11.8 Å². The quantitative estimate of drug-likeness (QED) is 0.524. The number of nitriles is 1. The van der Waals surface area contributed by atoms with Crippen molar-refractivity contribution in [2.24, 2.45) is 0 Å². The first-order valence-corrected chi connectivity index (χ1v) is 10.3. The molecule has 0 amide bonds. The Kier molecular flexibility index (Phi) is 4.46. The van der Waals surface area contributed by atoms with Crippen molar-refractivity contribution in [1.82, 2.24) is 19.3 Å². The van der Waals surface area contributed by atoms with E-state index in [1.54, 1.807) is 16.7 Å². The van der Waals surface area contributed by atoms with Crippen molar-refractivity contribution >= 4 is 32.9 Å². The molecule has 1 aliphatic rings. The number of piperazine rings is 1. The number of hydrogen-bond acceptors (Lipinski definition) is 7. The van der Waals surface area contributed by atoms with Crippen molar-refractivity contribution in [3.8, 4) is 6.07 Å². The van der Waals surface area contributed by atoms with Gasteiger partial charge in [0.25, 0.3) is 5.56 Å². The first-order chi connectivity index (χ1) is 14.2. The summed E-state index contributed by atoms with van der Waals surface area (Å²) in [5.74, 6) is 0. The van der Waals surface area contributed by atoms with Gasteiger partial charge in [-0.3, -0.25) is 14.1 Å². The Labute approximate surface area is 171 Å². The molecule has 0 N–H and O–H groups in total. The van der Waals surface area contributed by atoms with Gasteiger partial charge in [-0.15, -0.1) is 11.3 Å². The zero-order valence-electron chi connectivity index (χ0n) is 15.7. The summed E-state index contributed by atoms with van der Waals surface area (Å²) in [5.41, 5.74) is 3.13. The molecule has 0 radical (unpaired) electrons. The number of rotatable bonds is 3. The molecular formula is C21H18N6OS. The maximum atomic E-state index is 12.2. The standard InChI is InChI=1S/C21H18N6OS/c22-13-15-11-19(17-3-1-2-4-18(17)23-15)26-7-5-25(6-8-26)14-16-12-20(28)27-9-10-29-21(27)24-16/h1-4,9-12H,5-8,14H2. The summed E-state index contributed by atoms with van der Waals surface area (Å²) in [6, 6.07) is 13.6. The van der Waals surface area contributed by atoms with Crippen LogP contribution in [-0.2, 0) is 6.54 Å². The summed E-state index contributed by atoms with van der Waals surface area (Å²) >= 11 is 1.47. The Morgan fingerprint density at radius 3 is 2.76 bits per heavy atom. The van der Waals surface area contributed by atoms with Gasteiger partial charge in [0.15, 0.2) is 4.96 Å². The second-order valence-corrected chi connectivity index (χ2v) is 7.93. The lowest BCUT2D eigenvalue weighted by molar-refractivity contribution is 0.247. The average molecular weight is 402 g/mol. The number of thiazole rings is 1. The Morgan fingerprint density at radius 1 is 1.10 bits per heavy atom.